The molecule has 6 heteroatoms. The third-order valence-electron chi connectivity index (χ3n) is 8.37. The van der Waals surface area contributed by atoms with E-state index in [0.717, 1.165) is 46.1 Å². The third kappa shape index (κ3) is 4.72. The first-order valence-corrected chi connectivity index (χ1v) is 14.1. The van der Waals surface area contributed by atoms with Gasteiger partial charge in [0.15, 0.2) is 11.6 Å². The Morgan fingerprint density at radius 3 is 2.17 bits per heavy atom. The summed E-state index contributed by atoms with van der Waals surface area (Å²) >= 11 is 0. The minimum atomic E-state index is -0.892. The Labute approximate surface area is 233 Å². The van der Waals surface area contributed by atoms with Gasteiger partial charge in [0.05, 0.1) is 6.42 Å². The number of nitrogens with zero attached hydrogens (tertiary/aromatic N) is 1. The van der Waals surface area contributed by atoms with E-state index in [0.29, 0.717) is 49.2 Å². The van der Waals surface area contributed by atoms with E-state index in [1.54, 1.807) is 0 Å². The number of carboxylic acids is 1. The lowest BCUT2D eigenvalue weighted by Gasteiger charge is -2.44. The molecule has 0 unspecified atom stereocenters. The lowest BCUT2D eigenvalue weighted by molar-refractivity contribution is -0.137. The number of fused-ring (bicyclic) bond motifs is 1. The molecule has 6 rings (SSSR count). The van der Waals surface area contributed by atoms with Crippen molar-refractivity contribution in [2.24, 2.45) is 0 Å². The zero-order valence-electron chi connectivity index (χ0n) is 22.7. The SMILES string of the molecule is Cc1ccc(COc2ccc3ccccc3c2C2C3=C(CCCC3=O)N(CCC(=O)O)C3=C2C(=O)CCC3)cc1. The Morgan fingerprint density at radius 2 is 1.52 bits per heavy atom. The summed E-state index contributed by atoms with van der Waals surface area (Å²) in [7, 11) is 0. The summed E-state index contributed by atoms with van der Waals surface area (Å²) in [6.07, 6.45) is 3.60. The van der Waals surface area contributed by atoms with Crippen LogP contribution < -0.4 is 4.74 Å². The zero-order valence-corrected chi connectivity index (χ0v) is 22.7. The van der Waals surface area contributed by atoms with Crippen LogP contribution in [0.5, 0.6) is 5.75 Å². The topological polar surface area (TPSA) is 83.9 Å². The van der Waals surface area contributed by atoms with E-state index in [1.807, 2.05) is 60.4 Å². The number of rotatable bonds is 7. The maximum Gasteiger partial charge on any atom is 0.305 e. The van der Waals surface area contributed by atoms with Gasteiger partial charge < -0.3 is 14.7 Å². The summed E-state index contributed by atoms with van der Waals surface area (Å²) < 4.78 is 6.50. The van der Waals surface area contributed by atoms with E-state index >= 15 is 0 Å². The van der Waals surface area contributed by atoms with Crippen molar-refractivity contribution in [1.29, 1.82) is 0 Å². The molecule has 1 N–H and O–H groups in total. The molecule has 0 spiro atoms. The van der Waals surface area contributed by atoms with Gasteiger partial charge in [0, 0.05) is 53.4 Å². The fourth-order valence-corrected chi connectivity index (χ4v) is 6.53. The van der Waals surface area contributed by atoms with Crippen LogP contribution in [0.1, 0.15) is 67.6 Å². The number of aliphatic carboxylic acids is 1. The molecule has 40 heavy (non-hydrogen) atoms. The number of carbonyl (C=O) groups is 3. The van der Waals surface area contributed by atoms with E-state index < -0.39 is 11.9 Å². The normalized spacial score (nSPS) is 17.8. The van der Waals surface area contributed by atoms with Gasteiger partial charge in [-0.3, -0.25) is 14.4 Å². The van der Waals surface area contributed by atoms with Gasteiger partial charge in [0.25, 0.3) is 0 Å². The molecule has 0 saturated heterocycles. The smallest absolute Gasteiger partial charge is 0.305 e. The van der Waals surface area contributed by atoms with Gasteiger partial charge in [-0.15, -0.1) is 0 Å². The lowest BCUT2D eigenvalue weighted by Crippen LogP contribution is -2.40. The van der Waals surface area contributed by atoms with Crippen molar-refractivity contribution in [3.63, 3.8) is 0 Å². The average molecular weight is 536 g/mol. The van der Waals surface area contributed by atoms with Gasteiger partial charge in [0.2, 0.25) is 0 Å². The molecule has 0 atom stereocenters. The molecular weight excluding hydrogens is 502 g/mol. The van der Waals surface area contributed by atoms with Gasteiger partial charge >= 0.3 is 5.97 Å². The summed E-state index contributed by atoms with van der Waals surface area (Å²) in [5, 5.41) is 11.5. The molecule has 0 aromatic heterocycles. The van der Waals surface area contributed by atoms with E-state index in [1.165, 1.54) is 5.56 Å². The molecule has 0 saturated carbocycles. The predicted octanol–water partition coefficient (Wildman–Crippen LogP) is 6.62. The van der Waals surface area contributed by atoms with Crippen LogP contribution in [0.25, 0.3) is 10.8 Å². The summed E-state index contributed by atoms with van der Waals surface area (Å²) in [5.41, 5.74) is 6.12. The molecule has 0 radical (unpaired) electrons. The highest BCUT2D eigenvalue weighted by Gasteiger charge is 2.44. The van der Waals surface area contributed by atoms with Gasteiger partial charge in [-0.05, 0) is 55.0 Å². The Morgan fingerprint density at radius 1 is 0.875 bits per heavy atom. The molecule has 1 aliphatic heterocycles. The lowest BCUT2D eigenvalue weighted by atomic mass is 9.70. The number of ketones is 2. The third-order valence-corrected chi connectivity index (χ3v) is 8.37. The molecular formula is C34H33NO5. The standard InChI is InChI=1S/C34H33NO5/c1-21-12-14-22(15-13-21)20-40-29-17-16-23-6-2-3-7-24(23)31(29)34-32-25(8-4-10-27(32)36)35(19-18-30(38)39)26-9-5-11-28(37)33(26)34/h2-3,6-7,12-17,34H,4-5,8-11,18-20H2,1H3,(H,38,39). The van der Waals surface area contributed by atoms with Gasteiger partial charge in [-0.2, -0.15) is 0 Å². The Kier molecular flexibility index (Phi) is 7.01. The van der Waals surface area contributed by atoms with Crippen LogP contribution in [0, 0.1) is 6.92 Å². The number of hydrogen-bond acceptors (Lipinski definition) is 5. The van der Waals surface area contributed by atoms with Crippen LogP contribution in [0.2, 0.25) is 0 Å². The number of aryl methyl sites for hydroxylation is 1. The number of ether oxygens (including phenoxy) is 1. The summed E-state index contributed by atoms with van der Waals surface area (Å²) in [6, 6.07) is 20.3. The molecule has 0 amide bonds. The molecule has 0 bridgehead atoms. The zero-order chi connectivity index (χ0) is 27.8. The molecule has 3 aromatic carbocycles. The number of carboxylic acid groups (broad SMARTS) is 1. The second kappa shape index (κ2) is 10.8. The minimum Gasteiger partial charge on any atom is -0.489 e. The van der Waals surface area contributed by atoms with Crippen molar-refractivity contribution in [1.82, 2.24) is 4.90 Å². The Hall–Kier alpha value is -4.19. The fraction of sp³-hybridized carbons (Fsp3) is 0.324. The molecule has 0 fully saturated rings. The number of carbonyl (C=O) groups excluding carboxylic acids is 2. The summed E-state index contributed by atoms with van der Waals surface area (Å²) in [4.78, 5) is 41.1. The number of hydrogen-bond donors (Lipinski definition) is 1. The van der Waals surface area contributed by atoms with Crippen LogP contribution in [0.3, 0.4) is 0 Å². The monoisotopic (exact) mass is 535 g/mol. The van der Waals surface area contributed by atoms with Crippen molar-refractivity contribution < 1.29 is 24.2 Å². The maximum atomic E-state index is 13.8. The quantitative estimate of drug-likeness (QED) is 0.366. The van der Waals surface area contributed by atoms with Crippen molar-refractivity contribution in [2.75, 3.05) is 6.54 Å². The largest absolute Gasteiger partial charge is 0.489 e. The van der Waals surface area contributed by atoms with Crippen molar-refractivity contribution >= 4 is 28.3 Å². The highest BCUT2D eigenvalue weighted by Crippen LogP contribution is 2.52. The van der Waals surface area contributed by atoms with Crippen molar-refractivity contribution in [2.45, 2.75) is 64.4 Å². The van der Waals surface area contributed by atoms with Gasteiger partial charge in [0.1, 0.15) is 12.4 Å². The summed E-state index contributed by atoms with van der Waals surface area (Å²) in [6.45, 7) is 2.67. The predicted molar refractivity (Wildman–Crippen MR) is 153 cm³/mol. The molecule has 204 valence electrons. The number of allylic oxidation sites excluding steroid dienone is 4. The van der Waals surface area contributed by atoms with E-state index in [4.69, 9.17) is 4.74 Å². The van der Waals surface area contributed by atoms with E-state index in [9.17, 15) is 19.5 Å². The second-order valence-electron chi connectivity index (χ2n) is 11.0. The van der Waals surface area contributed by atoms with Crippen LogP contribution in [0.4, 0.5) is 0 Å². The highest BCUT2D eigenvalue weighted by molar-refractivity contribution is 6.08. The molecule has 3 aromatic rings. The summed E-state index contributed by atoms with van der Waals surface area (Å²) in [5.74, 6) is -0.691. The Balaban J connectivity index is 1.56. The second-order valence-corrected chi connectivity index (χ2v) is 11.0. The molecule has 6 nitrogen and oxygen atoms in total. The Bertz CT molecular complexity index is 1540. The van der Waals surface area contributed by atoms with E-state index in [-0.39, 0.29) is 24.5 Å². The van der Waals surface area contributed by atoms with E-state index in [2.05, 4.69) is 12.1 Å². The first-order valence-electron chi connectivity index (χ1n) is 14.1. The maximum absolute atomic E-state index is 13.8. The van der Waals surface area contributed by atoms with Crippen LogP contribution in [-0.2, 0) is 21.0 Å². The average Bonchev–Trinajstić information content (AvgIpc) is 2.95. The van der Waals surface area contributed by atoms with Crippen LogP contribution in [0.15, 0.2) is 83.2 Å². The van der Waals surface area contributed by atoms with Crippen LogP contribution >= 0.6 is 0 Å². The van der Waals surface area contributed by atoms with Gasteiger partial charge in [-0.1, -0.05) is 60.2 Å². The first-order chi connectivity index (χ1) is 19.4. The van der Waals surface area contributed by atoms with Crippen molar-refractivity contribution in [3.8, 4) is 5.75 Å². The van der Waals surface area contributed by atoms with Crippen molar-refractivity contribution in [3.05, 3.63) is 99.9 Å². The molecule has 1 heterocycles. The number of benzene rings is 3. The van der Waals surface area contributed by atoms with Gasteiger partial charge in [-0.25, -0.2) is 0 Å². The minimum absolute atomic E-state index is 0.0360. The van der Waals surface area contributed by atoms with Crippen LogP contribution in [-0.4, -0.2) is 34.1 Å². The molecule has 2 aliphatic carbocycles. The fourth-order valence-electron chi connectivity index (χ4n) is 6.53. The molecule has 3 aliphatic rings. The first kappa shape index (κ1) is 26.1. The number of Topliss-reactive ketones (excluding diaryl/α,β-unsaturated/α-hetero) is 2. The highest BCUT2D eigenvalue weighted by atomic mass is 16.5.